The maximum atomic E-state index is 13.9. The summed E-state index contributed by atoms with van der Waals surface area (Å²) in [5, 5.41) is 0.418. The first-order chi connectivity index (χ1) is 17.4. The molecule has 202 valence electrons. The van der Waals surface area contributed by atoms with E-state index in [4.69, 9.17) is 25.8 Å². The Kier molecular flexibility index (Phi) is 7.83. The van der Waals surface area contributed by atoms with Gasteiger partial charge in [0.05, 0.1) is 25.3 Å². The monoisotopic (exact) mass is 529 g/mol. The summed E-state index contributed by atoms with van der Waals surface area (Å²) < 4.78 is 17.0. The molecule has 0 spiro atoms. The first-order valence-corrected chi connectivity index (χ1v) is 13.6. The lowest BCUT2D eigenvalue weighted by Crippen LogP contribution is -2.45. The average molecular weight is 530 g/mol. The Labute approximate surface area is 226 Å². The molecular formula is C30H40ClNO5. The second kappa shape index (κ2) is 10.5. The van der Waals surface area contributed by atoms with Crippen molar-refractivity contribution in [1.29, 1.82) is 0 Å². The van der Waals surface area contributed by atoms with Crippen molar-refractivity contribution in [3.63, 3.8) is 0 Å². The molecule has 0 amide bonds. The molecule has 3 aliphatic rings. The highest BCUT2D eigenvalue weighted by Gasteiger charge is 2.49. The molecule has 0 fully saturated rings. The zero-order valence-corrected chi connectivity index (χ0v) is 24.0. The van der Waals surface area contributed by atoms with Gasteiger partial charge < -0.3 is 19.1 Å². The van der Waals surface area contributed by atoms with E-state index in [0.29, 0.717) is 60.3 Å². The van der Waals surface area contributed by atoms with Crippen molar-refractivity contribution in [3.05, 3.63) is 45.3 Å². The van der Waals surface area contributed by atoms with Gasteiger partial charge in [-0.3, -0.25) is 9.59 Å². The lowest BCUT2D eigenvalue weighted by Gasteiger charge is -2.49. The fraction of sp³-hybridized carbons (Fsp3) is 0.600. The van der Waals surface area contributed by atoms with E-state index in [0.717, 1.165) is 36.2 Å². The van der Waals surface area contributed by atoms with E-state index >= 15 is 0 Å². The maximum absolute atomic E-state index is 13.9. The Morgan fingerprint density at radius 1 is 0.919 bits per heavy atom. The Morgan fingerprint density at radius 3 is 1.97 bits per heavy atom. The minimum atomic E-state index is -0.484. The second-order valence-electron chi connectivity index (χ2n) is 12.1. The van der Waals surface area contributed by atoms with Gasteiger partial charge in [-0.05, 0) is 47.8 Å². The number of rotatable bonds is 8. The van der Waals surface area contributed by atoms with Crippen LogP contribution in [-0.2, 0) is 14.3 Å². The van der Waals surface area contributed by atoms with Gasteiger partial charge in [0.1, 0.15) is 0 Å². The number of nitrogens with zero attached hydrogens (tertiary/aromatic N) is 1. The molecule has 0 unspecified atom stereocenters. The zero-order valence-electron chi connectivity index (χ0n) is 23.3. The van der Waals surface area contributed by atoms with E-state index in [2.05, 4.69) is 32.6 Å². The maximum Gasteiger partial charge on any atom is 0.179 e. The number of allylic oxidation sites excluding steroid dienone is 4. The van der Waals surface area contributed by atoms with E-state index in [9.17, 15) is 9.59 Å². The number of hydrogen-bond acceptors (Lipinski definition) is 6. The number of hydrogen-bond donors (Lipinski definition) is 0. The van der Waals surface area contributed by atoms with Gasteiger partial charge in [0, 0.05) is 55.0 Å². The van der Waals surface area contributed by atoms with Gasteiger partial charge in [0.25, 0.3) is 0 Å². The predicted octanol–water partition coefficient (Wildman–Crippen LogP) is 6.47. The summed E-state index contributed by atoms with van der Waals surface area (Å²) in [6.07, 6.45) is 3.21. The highest BCUT2D eigenvalue weighted by Crippen LogP contribution is 2.55. The molecular weight excluding hydrogens is 490 g/mol. The van der Waals surface area contributed by atoms with Crippen molar-refractivity contribution < 1.29 is 23.8 Å². The molecule has 1 heterocycles. The third-order valence-electron chi connectivity index (χ3n) is 7.58. The molecule has 37 heavy (non-hydrogen) atoms. The van der Waals surface area contributed by atoms with Gasteiger partial charge in [-0.15, -0.1) is 0 Å². The summed E-state index contributed by atoms with van der Waals surface area (Å²) in [6, 6.07) is 3.74. The van der Waals surface area contributed by atoms with E-state index in [1.807, 2.05) is 19.1 Å². The Hall–Kier alpha value is -2.31. The number of halogens is 1. The molecule has 1 aromatic carbocycles. The van der Waals surface area contributed by atoms with Crippen LogP contribution >= 0.6 is 11.6 Å². The molecule has 6 nitrogen and oxygen atoms in total. The molecule has 0 radical (unpaired) electrons. The third kappa shape index (κ3) is 5.33. The highest BCUT2D eigenvalue weighted by molar-refractivity contribution is 6.32. The number of ketones is 2. The van der Waals surface area contributed by atoms with Crippen LogP contribution in [0.1, 0.15) is 78.2 Å². The van der Waals surface area contributed by atoms with E-state index in [1.54, 1.807) is 14.2 Å². The van der Waals surface area contributed by atoms with E-state index in [1.165, 1.54) is 0 Å². The number of carbonyl (C=O) groups excluding carboxylic acids is 2. The molecule has 1 aliphatic heterocycles. The zero-order chi connectivity index (χ0) is 27.1. The number of benzene rings is 1. The highest BCUT2D eigenvalue weighted by atomic mass is 35.5. The Balaban J connectivity index is 1.98. The molecule has 0 bridgehead atoms. The van der Waals surface area contributed by atoms with Crippen LogP contribution < -0.4 is 9.47 Å². The Bertz CT molecular complexity index is 1110. The average Bonchev–Trinajstić information content (AvgIpc) is 2.79. The van der Waals surface area contributed by atoms with Gasteiger partial charge in [-0.1, -0.05) is 46.2 Å². The van der Waals surface area contributed by atoms with Gasteiger partial charge >= 0.3 is 0 Å². The number of ether oxygens (including phenoxy) is 3. The van der Waals surface area contributed by atoms with Crippen molar-refractivity contribution in [2.75, 3.05) is 34.0 Å². The van der Waals surface area contributed by atoms with Crippen molar-refractivity contribution >= 4 is 23.2 Å². The van der Waals surface area contributed by atoms with Gasteiger partial charge in [-0.2, -0.15) is 0 Å². The van der Waals surface area contributed by atoms with E-state index in [-0.39, 0.29) is 22.4 Å². The van der Waals surface area contributed by atoms with Gasteiger partial charge in [0.2, 0.25) is 0 Å². The lowest BCUT2D eigenvalue weighted by molar-refractivity contribution is -0.119. The summed E-state index contributed by atoms with van der Waals surface area (Å²) >= 11 is 6.75. The number of Topliss-reactive ketones (excluding diaryl/α,β-unsaturated/α-hetero) is 2. The van der Waals surface area contributed by atoms with Gasteiger partial charge in [-0.25, -0.2) is 0 Å². The minimum Gasteiger partial charge on any atom is -0.493 e. The summed E-state index contributed by atoms with van der Waals surface area (Å²) in [5.74, 6) is 0.688. The fourth-order valence-corrected chi connectivity index (χ4v) is 6.36. The van der Waals surface area contributed by atoms with E-state index < -0.39 is 5.92 Å². The first-order valence-electron chi connectivity index (χ1n) is 13.2. The Morgan fingerprint density at radius 2 is 1.49 bits per heavy atom. The summed E-state index contributed by atoms with van der Waals surface area (Å²) in [5.41, 5.74) is 3.88. The van der Waals surface area contributed by atoms with Crippen LogP contribution in [0.2, 0.25) is 5.02 Å². The molecule has 0 atom stereocenters. The first kappa shape index (κ1) is 27.7. The minimum absolute atomic E-state index is 0.0873. The number of methoxy groups -OCH3 is 2. The lowest BCUT2D eigenvalue weighted by atomic mass is 9.63. The van der Waals surface area contributed by atoms with Crippen molar-refractivity contribution in [2.24, 2.45) is 10.8 Å². The molecule has 0 saturated heterocycles. The van der Waals surface area contributed by atoms with Crippen LogP contribution in [0.3, 0.4) is 0 Å². The standard InChI is InChI=1S/C30H40ClNO5/c1-8-10-37-28-19(31)12-18(13-24(28)36-7)25-26-20(14-29(2,3)16-22(26)33)32(9-11-35-6)21-15-30(4,5)17-23(34)27(21)25/h12-13,25H,8-11,14-17H2,1-7H3. The van der Waals surface area contributed by atoms with Crippen LogP contribution in [-0.4, -0.2) is 50.4 Å². The quantitative estimate of drug-likeness (QED) is 0.384. The smallest absolute Gasteiger partial charge is 0.179 e. The molecule has 0 saturated carbocycles. The molecule has 7 heteroatoms. The van der Waals surface area contributed by atoms with Crippen LogP contribution in [0.4, 0.5) is 0 Å². The van der Waals surface area contributed by atoms with Crippen LogP contribution in [0.5, 0.6) is 11.5 Å². The predicted molar refractivity (Wildman–Crippen MR) is 145 cm³/mol. The number of carbonyl (C=O) groups is 2. The normalized spacial score (nSPS) is 21.2. The molecule has 4 rings (SSSR count). The topological polar surface area (TPSA) is 65.1 Å². The van der Waals surface area contributed by atoms with Crippen molar-refractivity contribution in [1.82, 2.24) is 4.90 Å². The SMILES string of the molecule is CCCOc1c(Cl)cc(C2C3=C(CC(C)(C)CC3=O)N(CCOC)C3=C2C(=O)CC(C)(C)C3)cc1OC. The van der Waals surface area contributed by atoms with Crippen molar-refractivity contribution in [3.8, 4) is 11.5 Å². The van der Waals surface area contributed by atoms with Gasteiger partial charge in [0.15, 0.2) is 23.1 Å². The summed E-state index contributed by atoms with van der Waals surface area (Å²) in [4.78, 5) is 30.0. The second-order valence-corrected chi connectivity index (χ2v) is 12.5. The summed E-state index contributed by atoms with van der Waals surface area (Å²) in [7, 11) is 3.26. The van der Waals surface area contributed by atoms with Crippen LogP contribution in [0.15, 0.2) is 34.7 Å². The van der Waals surface area contributed by atoms with Crippen LogP contribution in [0.25, 0.3) is 0 Å². The van der Waals surface area contributed by atoms with Crippen molar-refractivity contribution in [2.45, 2.75) is 72.6 Å². The molecule has 0 N–H and O–H groups in total. The third-order valence-corrected chi connectivity index (χ3v) is 7.86. The van der Waals surface area contributed by atoms with Crippen LogP contribution in [0, 0.1) is 10.8 Å². The molecule has 1 aromatic rings. The fourth-order valence-electron chi connectivity index (χ4n) is 6.08. The molecule has 2 aliphatic carbocycles. The molecule has 0 aromatic heterocycles. The largest absolute Gasteiger partial charge is 0.493 e. The summed E-state index contributed by atoms with van der Waals surface area (Å²) in [6.45, 7) is 12.2.